The van der Waals surface area contributed by atoms with Crippen molar-refractivity contribution in [1.82, 2.24) is 0 Å². The number of carbonyl (C=O) groups is 2. The predicted octanol–water partition coefficient (Wildman–Crippen LogP) is 5.35. The summed E-state index contributed by atoms with van der Waals surface area (Å²) in [5.41, 5.74) is 4.44. The number of nitrogens with one attached hydrogen (secondary N) is 1. The van der Waals surface area contributed by atoms with Crippen molar-refractivity contribution in [3.8, 4) is 0 Å². The topological polar surface area (TPSA) is 49.4 Å². The van der Waals surface area contributed by atoms with E-state index in [1.165, 1.54) is 0 Å². The maximum atomic E-state index is 13.4. The van der Waals surface area contributed by atoms with Crippen molar-refractivity contribution in [2.24, 2.45) is 0 Å². The number of imide groups is 1. The molecule has 1 N–H and O–H groups in total. The molecule has 3 aromatic rings. The van der Waals surface area contributed by atoms with E-state index in [4.69, 9.17) is 11.6 Å². The summed E-state index contributed by atoms with van der Waals surface area (Å²) in [5.74, 6) is -0.829. The van der Waals surface area contributed by atoms with Crippen molar-refractivity contribution in [1.29, 1.82) is 0 Å². The summed E-state index contributed by atoms with van der Waals surface area (Å²) < 4.78 is 0. The summed E-state index contributed by atoms with van der Waals surface area (Å²) in [5, 5.41) is 3.56. The molecule has 4 nitrogen and oxygen atoms in total. The molecule has 144 valence electrons. The van der Waals surface area contributed by atoms with Crippen LogP contribution in [0.25, 0.3) is 5.57 Å². The molecule has 2 amide bonds. The van der Waals surface area contributed by atoms with Crippen LogP contribution in [0, 0.1) is 13.8 Å². The SMILES string of the molecule is Cc1ccc(C)c(NC2=C(c3ccccc3)C(=O)N(c3ccccc3Cl)C2=O)c1. The highest BCUT2D eigenvalue weighted by molar-refractivity contribution is 6.48. The van der Waals surface area contributed by atoms with Gasteiger partial charge >= 0.3 is 0 Å². The van der Waals surface area contributed by atoms with Crippen molar-refractivity contribution in [2.75, 3.05) is 10.2 Å². The second-order valence-electron chi connectivity index (χ2n) is 6.96. The van der Waals surface area contributed by atoms with Crippen LogP contribution >= 0.6 is 11.6 Å². The van der Waals surface area contributed by atoms with Crippen molar-refractivity contribution < 1.29 is 9.59 Å². The second-order valence-corrected chi connectivity index (χ2v) is 7.36. The van der Waals surface area contributed by atoms with Crippen molar-refractivity contribution in [3.63, 3.8) is 0 Å². The van der Waals surface area contributed by atoms with E-state index in [1.54, 1.807) is 24.3 Å². The molecule has 1 heterocycles. The Kier molecular flexibility index (Phi) is 4.95. The fraction of sp³-hybridized carbons (Fsp3) is 0.0833. The minimum absolute atomic E-state index is 0.245. The smallest absolute Gasteiger partial charge is 0.282 e. The lowest BCUT2D eigenvalue weighted by molar-refractivity contribution is -0.120. The molecule has 29 heavy (non-hydrogen) atoms. The Morgan fingerprint density at radius 1 is 0.828 bits per heavy atom. The number of benzene rings is 3. The number of amides is 2. The number of anilines is 2. The molecule has 3 aromatic carbocycles. The maximum absolute atomic E-state index is 13.4. The van der Waals surface area contributed by atoms with Crippen LogP contribution in [-0.2, 0) is 9.59 Å². The quantitative estimate of drug-likeness (QED) is 0.598. The summed E-state index contributed by atoms with van der Waals surface area (Å²) in [6, 6.07) is 22.0. The molecule has 0 aliphatic carbocycles. The summed E-state index contributed by atoms with van der Waals surface area (Å²) in [7, 11) is 0. The molecule has 0 saturated heterocycles. The van der Waals surface area contributed by atoms with E-state index in [9.17, 15) is 9.59 Å². The van der Waals surface area contributed by atoms with E-state index < -0.39 is 11.8 Å². The van der Waals surface area contributed by atoms with E-state index in [1.807, 2.05) is 62.4 Å². The average molecular weight is 403 g/mol. The molecule has 4 rings (SSSR count). The number of rotatable bonds is 4. The Labute approximate surface area is 174 Å². The monoisotopic (exact) mass is 402 g/mol. The largest absolute Gasteiger partial charge is 0.350 e. The van der Waals surface area contributed by atoms with Crippen LogP contribution in [0.2, 0.25) is 5.02 Å². The van der Waals surface area contributed by atoms with Crippen molar-refractivity contribution in [2.45, 2.75) is 13.8 Å². The van der Waals surface area contributed by atoms with E-state index >= 15 is 0 Å². The van der Waals surface area contributed by atoms with Gasteiger partial charge in [-0.15, -0.1) is 0 Å². The van der Waals surface area contributed by atoms with Crippen LogP contribution in [0.3, 0.4) is 0 Å². The zero-order valence-corrected chi connectivity index (χ0v) is 16.8. The van der Waals surface area contributed by atoms with Crippen LogP contribution in [0.5, 0.6) is 0 Å². The standard InChI is InChI=1S/C24H19ClN2O2/c1-15-12-13-16(2)19(14-15)26-22-21(17-8-4-3-5-9-17)23(28)27(24(22)29)20-11-7-6-10-18(20)25/h3-14,26H,1-2H3. The molecule has 0 saturated carbocycles. The molecule has 0 atom stereocenters. The van der Waals surface area contributed by atoms with Gasteiger partial charge in [-0.1, -0.05) is 66.2 Å². The van der Waals surface area contributed by atoms with Gasteiger partial charge in [0.05, 0.1) is 16.3 Å². The van der Waals surface area contributed by atoms with E-state index in [0.717, 1.165) is 21.7 Å². The van der Waals surface area contributed by atoms with Gasteiger partial charge in [0, 0.05) is 5.69 Å². The first kappa shape index (κ1) is 19.0. The molecule has 0 unspecified atom stereocenters. The van der Waals surface area contributed by atoms with Gasteiger partial charge in [0.2, 0.25) is 0 Å². The van der Waals surface area contributed by atoms with Gasteiger partial charge in [0.1, 0.15) is 5.70 Å². The molecular formula is C24H19ClN2O2. The molecule has 5 heteroatoms. The lowest BCUT2D eigenvalue weighted by atomic mass is 10.0. The summed E-state index contributed by atoms with van der Waals surface area (Å²) in [6.45, 7) is 3.94. The third-order valence-corrected chi connectivity index (χ3v) is 5.21. The number of nitrogens with zero attached hydrogens (tertiary/aromatic N) is 1. The minimum atomic E-state index is -0.428. The molecule has 0 radical (unpaired) electrons. The average Bonchev–Trinajstić information content (AvgIpc) is 2.96. The Balaban J connectivity index is 1.86. The Morgan fingerprint density at radius 3 is 2.24 bits per heavy atom. The second kappa shape index (κ2) is 7.57. The number of hydrogen-bond acceptors (Lipinski definition) is 3. The number of halogens is 1. The van der Waals surface area contributed by atoms with Gasteiger partial charge in [0.15, 0.2) is 0 Å². The fourth-order valence-electron chi connectivity index (χ4n) is 3.38. The summed E-state index contributed by atoms with van der Waals surface area (Å²) in [4.78, 5) is 27.9. The highest BCUT2D eigenvalue weighted by Crippen LogP contribution is 2.36. The normalized spacial score (nSPS) is 14.0. The van der Waals surface area contributed by atoms with Crippen molar-refractivity contribution >= 4 is 40.4 Å². The third-order valence-electron chi connectivity index (χ3n) is 4.89. The summed E-state index contributed by atoms with van der Waals surface area (Å²) in [6.07, 6.45) is 0. The van der Waals surface area contributed by atoms with E-state index in [-0.39, 0.29) is 5.70 Å². The first-order valence-corrected chi connectivity index (χ1v) is 9.62. The van der Waals surface area contributed by atoms with E-state index in [0.29, 0.717) is 21.8 Å². The molecule has 1 aliphatic heterocycles. The van der Waals surface area contributed by atoms with Gasteiger partial charge in [-0.05, 0) is 48.7 Å². The van der Waals surface area contributed by atoms with Crippen LogP contribution < -0.4 is 10.2 Å². The highest BCUT2D eigenvalue weighted by Gasteiger charge is 2.41. The lowest BCUT2D eigenvalue weighted by Gasteiger charge is -2.17. The number of hydrogen-bond donors (Lipinski definition) is 1. The molecule has 0 aromatic heterocycles. The highest BCUT2D eigenvalue weighted by atomic mass is 35.5. The molecular weight excluding hydrogens is 384 g/mol. The van der Waals surface area contributed by atoms with Crippen LogP contribution in [-0.4, -0.2) is 11.8 Å². The van der Waals surface area contributed by atoms with Gasteiger partial charge in [0.25, 0.3) is 11.8 Å². The molecule has 0 spiro atoms. The minimum Gasteiger partial charge on any atom is -0.350 e. The van der Waals surface area contributed by atoms with Gasteiger partial charge < -0.3 is 5.32 Å². The van der Waals surface area contributed by atoms with Crippen LogP contribution in [0.15, 0.2) is 78.5 Å². The lowest BCUT2D eigenvalue weighted by Crippen LogP contribution is -2.32. The first-order chi connectivity index (χ1) is 14.0. The zero-order valence-electron chi connectivity index (χ0n) is 16.1. The molecule has 1 aliphatic rings. The Morgan fingerprint density at radius 2 is 1.52 bits per heavy atom. The van der Waals surface area contributed by atoms with E-state index in [2.05, 4.69) is 5.32 Å². The number of aryl methyl sites for hydroxylation is 2. The van der Waals surface area contributed by atoms with Gasteiger partial charge in [-0.3, -0.25) is 9.59 Å². The summed E-state index contributed by atoms with van der Waals surface area (Å²) >= 11 is 6.30. The molecule has 0 fully saturated rings. The Bertz CT molecular complexity index is 1150. The number of para-hydroxylation sites is 1. The van der Waals surface area contributed by atoms with Crippen molar-refractivity contribution in [3.05, 3.63) is 100 Å². The third kappa shape index (κ3) is 3.43. The fourth-order valence-corrected chi connectivity index (χ4v) is 3.60. The Hall–Kier alpha value is -3.37. The maximum Gasteiger partial charge on any atom is 0.282 e. The van der Waals surface area contributed by atoms with Crippen LogP contribution in [0.1, 0.15) is 16.7 Å². The number of carbonyl (C=O) groups excluding carboxylic acids is 2. The van der Waals surface area contributed by atoms with Gasteiger partial charge in [-0.25, -0.2) is 4.90 Å². The zero-order chi connectivity index (χ0) is 20.5. The predicted molar refractivity (Wildman–Crippen MR) is 117 cm³/mol. The first-order valence-electron chi connectivity index (χ1n) is 9.24. The van der Waals surface area contributed by atoms with Gasteiger partial charge in [-0.2, -0.15) is 0 Å². The molecule has 0 bridgehead atoms. The van der Waals surface area contributed by atoms with Crippen LogP contribution in [0.4, 0.5) is 11.4 Å².